The van der Waals surface area contributed by atoms with Gasteiger partial charge in [-0.2, -0.15) is 4.31 Å². The van der Waals surface area contributed by atoms with Crippen molar-refractivity contribution in [1.82, 2.24) is 24.3 Å². The van der Waals surface area contributed by atoms with E-state index in [-0.39, 0.29) is 11.8 Å². The smallest absolute Gasteiger partial charge is 0.243 e. The molecule has 1 aromatic carbocycles. The number of amides is 2. The Morgan fingerprint density at radius 3 is 2.12 bits per heavy atom. The molecule has 0 radical (unpaired) electrons. The number of nitrogens with one attached hydrogen (secondary N) is 1. The zero-order valence-electron chi connectivity index (χ0n) is 19.6. The molecule has 33 heavy (non-hydrogen) atoms. The van der Waals surface area contributed by atoms with Crippen LogP contribution in [0.3, 0.4) is 0 Å². The van der Waals surface area contributed by atoms with Crippen LogP contribution >= 0.6 is 0 Å². The lowest BCUT2D eigenvalue weighted by atomic mass is 10.1. The summed E-state index contributed by atoms with van der Waals surface area (Å²) in [5.41, 5.74) is 2.00. The first-order valence-electron chi connectivity index (χ1n) is 11.4. The van der Waals surface area contributed by atoms with E-state index in [9.17, 15) is 18.0 Å². The maximum Gasteiger partial charge on any atom is 0.243 e. The van der Waals surface area contributed by atoms with Crippen molar-refractivity contribution in [3.8, 4) is 0 Å². The van der Waals surface area contributed by atoms with Crippen LogP contribution in [0.25, 0.3) is 0 Å². The minimum absolute atomic E-state index is 0.0203. The first-order valence-corrected chi connectivity index (χ1v) is 12.8. The summed E-state index contributed by atoms with van der Waals surface area (Å²) in [4.78, 5) is 30.8. The summed E-state index contributed by atoms with van der Waals surface area (Å²) >= 11 is 0. The number of benzene rings is 1. The first kappa shape index (κ1) is 25.4. The molecule has 9 nitrogen and oxygen atoms in total. The van der Waals surface area contributed by atoms with E-state index in [4.69, 9.17) is 0 Å². The Hall–Kier alpha value is -2.27. The van der Waals surface area contributed by atoms with Gasteiger partial charge in [-0.25, -0.2) is 8.42 Å². The molecule has 2 saturated heterocycles. The van der Waals surface area contributed by atoms with Crippen molar-refractivity contribution in [2.75, 3.05) is 72.0 Å². The van der Waals surface area contributed by atoms with Crippen molar-refractivity contribution in [2.45, 2.75) is 18.7 Å². The third-order valence-corrected chi connectivity index (χ3v) is 8.24. The van der Waals surface area contributed by atoms with Gasteiger partial charge in [-0.3, -0.25) is 19.4 Å². The molecule has 2 amide bonds. The molecule has 10 heteroatoms. The number of carbonyl (C=O) groups is 2. The molecule has 0 aromatic heterocycles. The SMILES string of the molecule is C=CCNC(=O)CN1CCN(CC(=O)N2CCN(S(=O)(=O)c3ccc(C)c(C)c3)CC2)CC1. The minimum Gasteiger partial charge on any atom is -0.352 e. The predicted octanol–water partition coefficient (Wildman–Crippen LogP) is 0.0561. The summed E-state index contributed by atoms with van der Waals surface area (Å²) in [7, 11) is -3.56. The van der Waals surface area contributed by atoms with Gasteiger partial charge in [0.15, 0.2) is 0 Å². The molecule has 182 valence electrons. The second-order valence-corrected chi connectivity index (χ2v) is 10.6. The first-order chi connectivity index (χ1) is 15.7. The van der Waals surface area contributed by atoms with Crippen molar-refractivity contribution >= 4 is 21.8 Å². The van der Waals surface area contributed by atoms with Gasteiger partial charge in [0.2, 0.25) is 21.8 Å². The average molecular weight is 478 g/mol. The molecule has 0 saturated carbocycles. The Bertz CT molecular complexity index is 965. The number of carbonyl (C=O) groups excluding carboxylic acids is 2. The molecule has 0 spiro atoms. The zero-order chi connectivity index (χ0) is 24.0. The Balaban J connectivity index is 1.44. The van der Waals surface area contributed by atoms with Crippen LogP contribution in [0.2, 0.25) is 0 Å². The molecule has 2 heterocycles. The molecule has 0 bridgehead atoms. The van der Waals surface area contributed by atoms with Crippen LogP contribution in [-0.4, -0.2) is 111 Å². The van der Waals surface area contributed by atoms with Gasteiger partial charge in [0.05, 0.1) is 18.0 Å². The molecular weight excluding hydrogens is 442 g/mol. The quantitative estimate of drug-likeness (QED) is 0.532. The number of hydrogen-bond donors (Lipinski definition) is 1. The highest BCUT2D eigenvalue weighted by Crippen LogP contribution is 2.20. The lowest BCUT2D eigenvalue weighted by molar-refractivity contribution is -0.134. The third-order valence-electron chi connectivity index (χ3n) is 6.34. The van der Waals surface area contributed by atoms with Crippen LogP contribution in [-0.2, 0) is 19.6 Å². The summed E-state index contributed by atoms with van der Waals surface area (Å²) in [6.07, 6.45) is 1.65. The molecule has 0 aliphatic carbocycles. The summed E-state index contributed by atoms with van der Waals surface area (Å²) in [5, 5.41) is 2.78. The van der Waals surface area contributed by atoms with E-state index in [0.717, 1.165) is 37.3 Å². The fourth-order valence-corrected chi connectivity index (χ4v) is 5.55. The summed E-state index contributed by atoms with van der Waals surface area (Å²) in [6, 6.07) is 5.19. The molecule has 1 aromatic rings. The average Bonchev–Trinajstić information content (AvgIpc) is 2.80. The van der Waals surface area contributed by atoms with Gasteiger partial charge < -0.3 is 10.2 Å². The molecular formula is C23H35N5O4S. The minimum atomic E-state index is -3.56. The van der Waals surface area contributed by atoms with Crippen LogP contribution in [0.5, 0.6) is 0 Å². The molecule has 1 N–H and O–H groups in total. The number of rotatable bonds is 8. The maximum absolute atomic E-state index is 13.0. The van der Waals surface area contributed by atoms with Crippen LogP contribution in [0.15, 0.2) is 35.7 Å². The fourth-order valence-electron chi connectivity index (χ4n) is 4.04. The zero-order valence-corrected chi connectivity index (χ0v) is 20.4. The standard InChI is InChI=1S/C23H35N5O4S/c1-4-7-24-22(29)17-25-8-10-26(11-9-25)18-23(30)27-12-14-28(15-13-27)33(31,32)21-6-5-19(2)20(3)16-21/h4-6,16H,1,7-15,17-18H2,2-3H3,(H,24,29). The predicted molar refractivity (Wildman–Crippen MR) is 127 cm³/mol. The summed E-state index contributed by atoms with van der Waals surface area (Å²) < 4.78 is 27.4. The van der Waals surface area contributed by atoms with Crippen LogP contribution in [0.1, 0.15) is 11.1 Å². The Morgan fingerprint density at radius 2 is 1.55 bits per heavy atom. The Morgan fingerprint density at radius 1 is 0.939 bits per heavy atom. The van der Waals surface area contributed by atoms with E-state index < -0.39 is 10.0 Å². The number of piperazine rings is 2. The highest BCUT2D eigenvalue weighted by Gasteiger charge is 2.31. The maximum atomic E-state index is 13.0. The lowest BCUT2D eigenvalue weighted by Crippen LogP contribution is -2.55. The number of hydrogen-bond acceptors (Lipinski definition) is 6. The highest BCUT2D eigenvalue weighted by molar-refractivity contribution is 7.89. The van der Waals surface area contributed by atoms with Gasteiger partial charge in [0.1, 0.15) is 0 Å². The third kappa shape index (κ3) is 6.63. The summed E-state index contributed by atoms with van der Waals surface area (Å²) in [5.74, 6) is 0.00320. The largest absolute Gasteiger partial charge is 0.352 e. The Kier molecular flexibility index (Phi) is 8.63. The molecule has 3 rings (SSSR count). The number of nitrogens with zero attached hydrogens (tertiary/aromatic N) is 4. The molecule has 2 aliphatic heterocycles. The topological polar surface area (TPSA) is 93.3 Å². The van der Waals surface area contributed by atoms with E-state index in [1.54, 1.807) is 23.1 Å². The van der Waals surface area contributed by atoms with Gasteiger partial charge in [-0.05, 0) is 37.1 Å². The van der Waals surface area contributed by atoms with Crippen LogP contribution in [0.4, 0.5) is 0 Å². The van der Waals surface area contributed by atoms with Crippen molar-refractivity contribution in [2.24, 2.45) is 0 Å². The van der Waals surface area contributed by atoms with Gasteiger partial charge in [-0.1, -0.05) is 12.1 Å². The van der Waals surface area contributed by atoms with Crippen LogP contribution < -0.4 is 5.32 Å². The second-order valence-electron chi connectivity index (χ2n) is 8.68. The van der Waals surface area contributed by atoms with E-state index >= 15 is 0 Å². The van der Waals surface area contributed by atoms with Crippen molar-refractivity contribution in [1.29, 1.82) is 0 Å². The van der Waals surface area contributed by atoms with Gasteiger partial charge in [0.25, 0.3) is 0 Å². The summed E-state index contributed by atoms with van der Waals surface area (Å²) in [6.45, 7) is 12.9. The van der Waals surface area contributed by atoms with E-state index in [2.05, 4.69) is 21.7 Å². The van der Waals surface area contributed by atoms with Crippen molar-refractivity contribution in [3.05, 3.63) is 42.0 Å². The monoisotopic (exact) mass is 477 g/mol. The molecule has 2 fully saturated rings. The highest BCUT2D eigenvalue weighted by atomic mass is 32.2. The van der Waals surface area contributed by atoms with Crippen LogP contribution in [0, 0.1) is 13.8 Å². The van der Waals surface area contributed by atoms with E-state index in [1.807, 2.05) is 19.9 Å². The molecule has 0 unspecified atom stereocenters. The van der Waals surface area contributed by atoms with Gasteiger partial charge in [0, 0.05) is 58.9 Å². The van der Waals surface area contributed by atoms with E-state index in [0.29, 0.717) is 50.7 Å². The van der Waals surface area contributed by atoms with Gasteiger partial charge in [-0.15, -0.1) is 6.58 Å². The normalized spacial score (nSPS) is 18.8. The second kappa shape index (κ2) is 11.2. The lowest BCUT2D eigenvalue weighted by Gasteiger charge is -2.37. The molecule has 2 aliphatic rings. The molecule has 0 atom stereocenters. The number of sulfonamides is 1. The van der Waals surface area contributed by atoms with Crippen molar-refractivity contribution < 1.29 is 18.0 Å². The van der Waals surface area contributed by atoms with E-state index in [1.165, 1.54) is 4.31 Å². The Labute approximate surface area is 197 Å². The van der Waals surface area contributed by atoms with Crippen molar-refractivity contribution in [3.63, 3.8) is 0 Å². The number of aryl methyl sites for hydroxylation is 2. The fraction of sp³-hybridized carbons (Fsp3) is 0.565. The van der Waals surface area contributed by atoms with Gasteiger partial charge >= 0.3 is 0 Å².